The van der Waals surface area contributed by atoms with Gasteiger partial charge >= 0.3 is 6.09 Å². The summed E-state index contributed by atoms with van der Waals surface area (Å²) in [6.45, 7) is 10.00. The van der Waals surface area contributed by atoms with Crippen LogP contribution in [0.1, 0.15) is 31.9 Å². The number of ether oxygens (including phenoxy) is 1. The second-order valence-electron chi connectivity index (χ2n) is 7.36. The number of hydrogen-bond donors (Lipinski definition) is 0. The van der Waals surface area contributed by atoms with Crippen LogP contribution in [0.15, 0.2) is 12.1 Å². The Morgan fingerprint density at radius 1 is 1.23 bits per heavy atom. The molecule has 146 valence electrons. The lowest BCUT2D eigenvalue weighted by molar-refractivity contribution is 0.0240. The van der Waals surface area contributed by atoms with Gasteiger partial charge in [0, 0.05) is 46.1 Å². The van der Waals surface area contributed by atoms with Gasteiger partial charge in [-0.2, -0.15) is 0 Å². The van der Waals surface area contributed by atoms with E-state index in [-0.39, 0.29) is 11.8 Å². The Morgan fingerprint density at radius 3 is 2.31 bits per heavy atom. The molecule has 1 heterocycles. The van der Waals surface area contributed by atoms with Crippen LogP contribution in [0.5, 0.6) is 0 Å². The van der Waals surface area contributed by atoms with Crippen LogP contribution in [0.25, 0.3) is 0 Å². The molecule has 1 fully saturated rings. The first kappa shape index (κ1) is 21.6. The minimum atomic E-state index is -3.61. The van der Waals surface area contributed by atoms with Crippen LogP contribution in [0.3, 0.4) is 0 Å². The normalized spacial score (nSPS) is 15.9. The summed E-state index contributed by atoms with van der Waals surface area (Å²) in [4.78, 5) is 16.1. The van der Waals surface area contributed by atoms with E-state index in [9.17, 15) is 13.2 Å². The fourth-order valence-corrected chi connectivity index (χ4v) is 4.41. The van der Waals surface area contributed by atoms with Crippen molar-refractivity contribution >= 4 is 54.1 Å². The molecule has 0 unspecified atom stereocenters. The zero-order valence-electron chi connectivity index (χ0n) is 15.4. The number of rotatable bonds is 3. The molecule has 1 aromatic carbocycles. The fraction of sp³-hybridized carbons (Fsp3) is 0.588. The Bertz CT molecular complexity index is 785. The van der Waals surface area contributed by atoms with Crippen molar-refractivity contribution < 1.29 is 17.9 Å². The summed E-state index contributed by atoms with van der Waals surface area (Å²) in [6, 6.07) is 3.72. The van der Waals surface area contributed by atoms with E-state index >= 15 is 0 Å². The first-order chi connectivity index (χ1) is 11.9. The summed E-state index contributed by atoms with van der Waals surface area (Å²) >= 11 is 2.20. The van der Waals surface area contributed by atoms with Gasteiger partial charge in [-0.1, -0.05) is 0 Å². The molecule has 0 spiro atoms. The maximum absolute atomic E-state index is 12.2. The highest BCUT2D eigenvalue weighted by Crippen LogP contribution is 2.29. The number of anilines is 1. The SMILES string of the molecule is Cc1c(I)cc(CS(=O)(=O)Cl)cc1N1CCN(C(=O)OC(C)(C)C)CC1. The summed E-state index contributed by atoms with van der Waals surface area (Å²) < 4.78 is 29.2. The summed E-state index contributed by atoms with van der Waals surface area (Å²) in [5.41, 5.74) is 2.23. The largest absolute Gasteiger partial charge is 0.444 e. The highest BCUT2D eigenvalue weighted by Gasteiger charge is 2.27. The quantitative estimate of drug-likeness (QED) is 0.454. The molecule has 0 bridgehead atoms. The first-order valence-corrected chi connectivity index (χ1v) is 11.9. The van der Waals surface area contributed by atoms with Crippen molar-refractivity contribution in [3.63, 3.8) is 0 Å². The Kier molecular flexibility index (Phi) is 6.71. The highest BCUT2D eigenvalue weighted by molar-refractivity contribution is 14.1. The molecule has 1 amide bonds. The predicted molar refractivity (Wildman–Crippen MR) is 112 cm³/mol. The van der Waals surface area contributed by atoms with E-state index in [1.54, 1.807) is 4.90 Å². The minimum absolute atomic E-state index is 0.199. The van der Waals surface area contributed by atoms with Crippen LogP contribution < -0.4 is 4.90 Å². The van der Waals surface area contributed by atoms with Gasteiger partial charge in [-0.05, 0) is 73.5 Å². The van der Waals surface area contributed by atoms with Crippen molar-refractivity contribution in [3.8, 4) is 0 Å². The number of piperazine rings is 1. The number of amides is 1. The lowest BCUT2D eigenvalue weighted by Gasteiger charge is -2.37. The van der Waals surface area contributed by atoms with Gasteiger partial charge in [-0.15, -0.1) is 0 Å². The van der Waals surface area contributed by atoms with E-state index in [0.29, 0.717) is 31.7 Å². The number of carbonyl (C=O) groups is 1. The average Bonchev–Trinajstić information content (AvgIpc) is 2.47. The van der Waals surface area contributed by atoms with Gasteiger partial charge < -0.3 is 14.5 Å². The molecule has 0 atom stereocenters. The second-order valence-corrected chi connectivity index (χ2v) is 11.3. The Hall–Kier alpha value is -0.740. The van der Waals surface area contributed by atoms with Crippen molar-refractivity contribution in [3.05, 3.63) is 26.8 Å². The van der Waals surface area contributed by atoms with Crippen molar-refractivity contribution in [2.45, 2.75) is 39.0 Å². The van der Waals surface area contributed by atoms with Crippen molar-refractivity contribution in [2.75, 3.05) is 31.1 Å². The van der Waals surface area contributed by atoms with Crippen LogP contribution in [0.4, 0.5) is 10.5 Å². The monoisotopic (exact) mass is 514 g/mol. The smallest absolute Gasteiger partial charge is 0.410 e. The van der Waals surface area contributed by atoms with Gasteiger partial charge in [0.2, 0.25) is 9.05 Å². The van der Waals surface area contributed by atoms with Crippen molar-refractivity contribution in [1.29, 1.82) is 0 Å². The Morgan fingerprint density at radius 2 is 1.81 bits per heavy atom. The van der Waals surface area contributed by atoms with Crippen LogP contribution in [0.2, 0.25) is 0 Å². The lowest BCUT2D eigenvalue weighted by atomic mass is 10.1. The van der Waals surface area contributed by atoms with E-state index in [0.717, 1.165) is 14.8 Å². The maximum Gasteiger partial charge on any atom is 0.410 e. The van der Waals surface area contributed by atoms with Gasteiger partial charge in [0.05, 0.1) is 5.75 Å². The molecule has 2 rings (SSSR count). The molecular formula is C17H24ClIN2O4S. The first-order valence-electron chi connectivity index (χ1n) is 8.30. The molecule has 1 saturated heterocycles. The third-order valence-corrected chi connectivity index (χ3v) is 6.11. The highest BCUT2D eigenvalue weighted by atomic mass is 127. The average molecular weight is 515 g/mol. The van der Waals surface area contributed by atoms with E-state index in [1.807, 2.05) is 39.8 Å². The number of benzene rings is 1. The molecule has 1 aromatic rings. The predicted octanol–water partition coefficient (Wildman–Crippen LogP) is 3.73. The molecule has 6 nitrogen and oxygen atoms in total. The summed E-state index contributed by atoms with van der Waals surface area (Å²) in [5, 5.41) is 0. The standard InChI is InChI=1S/C17H24ClIN2O4S/c1-12-14(19)9-13(11-26(18,23)24)10-15(12)20-5-7-21(8-6-20)16(22)25-17(2,3)4/h9-10H,5-8,11H2,1-4H3. The molecule has 0 saturated carbocycles. The summed E-state index contributed by atoms with van der Waals surface area (Å²) in [7, 11) is 1.79. The molecule has 26 heavy (non-hydrogen) atoms. The van der Waals surface area contributed by atoms with Crippen LogP contribution >= 0.6 is 33.3 Å². The van der Waals surface area contributed by atoms with Gasteiger partial charge in [-0.25, -0.2) is 13.2 Å². The topological polar surface area (TPSA) is 66.9 Å². The minimum Gasteiger partial charge on any atom is -0.444 e. The van der Waals surface area contributed by atoms with E-state index in [1.165, 1.54) is 0 Å². The molecule has 0 radical (unpaired) electrons. The van der Waals surface area contributed by atoms with Gasteiger partial charge in [0.25, 0.3) is 0 Å². The van der Waals surface area contributed by atoms with Crippen LogP contribution in [0, 0.1) is 10.5 Å². The van der Waals surface area contributed by atoms with Gasteiger partial charge in [0.1, 0.15) is 5.60 Å². The molecular weight excluding hydrogens is 491 g/mol. The third-order valence-electron chi connectivity index (χ3n) is 3.99. The molecule has 1 aliphatic rings. The van der Waals surface area contributed by atoms with E-state index < -0.39 is 14.7 Å². The molecule has 0 aromatic heterocycles. The Labute approximate surface area is 173 Å². The molecule has 0 N–H and O–H groups in total. The van der Waals surface area contributed by atoms with Gasteiger partial charge in [-0.3, -0.25) is 0 Å². The van der Waals surface area contributed by atoms with E-state index in [2.05, 4.69) is 27.5 Å². The molecule has 1 aliphatic heterocycles. The number of hydrogen-bond acceptors (Lipinski definition) is 5. The van der Waals surface area contributed by atoms with Crippen LogP contribution in [-0.4, -0.2) is 51.2 Å². The van der Waals surface area contributed by atoms with Crippen molar-refractivity contribution in [2.24, 2.45) is 0 Å². The van der Waals surface area contributed by atoms with Gasteiger partial charge in [0.15, 0.2) is 0 Å². The number of carbonyl (C=O) groups excluding carboxylic acids is 1. The zero-order valence-corrected chi connectivity index (χ0v) is 19.1. The maximum atomic E-state index is 12.2. The fourth-order valence-electron chi connectivity index (χ4n) is 2.79. The van der Waals surface area contributed by atoms with Crippen molar-refractivity contribution in [1.82, 2.24) is 4.90 Å². The summed E-state index contributed by atoms with van der Waals surface area (Å²) in [6.07, 6.45) is -0.301. The lowest BCUT2D eigenvalue weighted by Crippen LogP contribution is -2.50. The number of halogens is 2. The summed E-state index contributed by atoms with van der Waals surface area (Å²) in [5.74, 6) is -0.199. The molecule has 9 heteroatoms. The number of nitrogens with zero attached hydrogens (tertiary/aromatic N) is 2. The molecule has 0 aliphatic carbocycles. The zero-order chi connectivity index (χ0) is 19.7. The second kappa shape index (κ2) is 8.10. The van der Waals surface area contributed by atoms with Crippen LogP contribution in [-0.2, 0) is 19.5 Å². The Balaban J connectivity index is 2.12. The van der Waals surface area contributed by atoms with E-state index in [4.69, 9.17) is 15.4 Å². The third kappa shape index (κ3) is 6.16.